The zero-order chi connectivity index (χ0) is 12.4. The molecule has 18 heavy (non-hydrogen) atoms. The van der Waals surface area contributed by atoms with Gasteiger partial charge in [-0.2, -0.15) is 0 Å². The normalized spacial score (nSPS) is 19.3. The van der Waals surface area contributed by atoms with E-state index >= 15 is 0 Å². The fraction of sp³-hybridized carbons (Fsp3) is 0.600. The van der Waals surface area contributed by atoms with Gasteiger partial charge < -0.3 is 10.8 Å². The van der Waals surface area contributed by atoms with Crippen molar-refractivity contribution in [1.82, 2.24) is 0 Å². The first-order valence-corrected chi connectivity index (χ1v) is 6.61. The monoisotopic (exact) mass is 269 g/mol. The first kappa shape index (κ1) is 15.5. The number of aliphatic hydroxyl groups excluding tert-OH is 1. The van der Waals surface area contributed by atoms with Gasteiger partial charge in [0.15, 0.2) is 0 Å². The highest BCUT2D eigenvalue weighted by molar-refractivity contribution is 5.85. The van der Waals surface area contributed by atoms with E-state index in [9.17, 15) is 5.11 Å². The Labute approximate surface area is 116 Å². The molecule has 0 saturated heterocycles. The molecule has 3 heteroatoms. The predicted molar refractivity (Wildman–Crippen MR) is 78.1 cm³/mol. The van der Waals surface area contributed by atoms with Crippen molar-refractivity contribution in [3.8, 4) is 0 Å². The third-order valence-electron chi connectivity index (χ3n) is 4.26. The maximum absolute atomic E-state index is 10.4. The summed E-state index contributed by atoms with van der Waals surface area (Å²) in [6.07, 6.45) is 4.33. The van der Waals surface area contributed by atoms with Crippen LogP contribution in [0.2, 0.25) is 0 Å². The van der Waals surface area contributed by atoms with Crippen LogP contribution in [0.1, 0.15) is 48.4 Å². The van der Waals surface area contributed by atoms with Crippen molar-refractivity contribution in [2.75, 3.05) is 0 Å². The van der Waals surface area contributed by atoms with Crippen LogP contribution in [0.15, 0.2) is 18.2 Å². The molecular formula is C15H24ClNO. The minimum atomic E-state index is -0.391. The maximum Gasteiger partial charge on any atom is 0.0760 e. The van der Waals surface area contributed by atoms with Crippen LogP contribution in [0.3, 0.4) is 0 Å². The molecule has 2 atom stereocenters. The van der Waals surface area contributed by atoms with Gasteiger partial charge in [-0.15, -0.1) is 12.4 Å². The number of rotatable bonds is 3. The van der Waals surface area contributed by atoms with Gasteiger partial charge in [0.2, 0.25) is 0 Å². The topological polar surface area (TPSA) is 46.2 Å². The van der Waals surface area contributed by atoms with E-state index in [1.807, 2.05) is 12.1 Å². The van der Waals surface area contributed by atoms with Gasteiger partial charge in [-0.3, -0.25) is 0 Å². The number of hydrogen-bond acceptors (Lipinski definition) is 2. The summed E-state index contributed by atoms with van der Waals surface area (Å²) in [6, 6.07) is 5.93. The standard InChI is InChI=1S/C15H23NO.ClH/c1-10-6-5-9-13(11(10)2)14(16)15(17)12-7-3-4-8-12;/h5-6,9,12,14-15,17H,3-4,7-8,16H2,1-2H3;1H/t14-,15+;/m0./s1. The molecule has 1 aliphatic carbocycles. The predicted octanol–water partition coefficient (Wildman–Crippen LogP) is 3.28. The summed E-state index contributed by atoms with van der Waals surface area (Å²) in [5.41, 5.74) is 9.81. The minimum absolute atomic E-state index is 0. The largest absolute Gasteiger partial charge is 0.391 e. The molecule has 0 aromatic heterocycles. The molecule has 0 spiro atoms. The van der Waals surface area contributed by atoms with Crippen molar-refractivity contribution in [2.24, 2.45) is 11.7 Å². The van der Waals surface area contributed by atoms with E-state index in [-0.39, 0.29) is 18.4 Å². The molecule has 0 bridgehead atoms. The molecule has 3 N–H and O–H groups in total. The lowest BCUT2D eigenvalue weighted by Crippen LogP contribution is -2.32. The van der Waals surface area contributed by atoms with Gasteiger partial charge in [0.05, 0.1) is 12.1 Å². The molecule has 0 radical (unpaired) electrons. The first-order chi connectivity index (χ1) is 8.11. The third kappa shape index (κ3) is 3.05. The lowest BCUT2D eigenvalue weighted by atomic mass is 9.88. The molecule has 0 heterocycles. The van der Waals surface area contributed by atoms with Gasteiger partial charge >= 0.3 is 0 Å². The summed E-state index contributed by atoms with van der Waals surface area (Å²) in [7, 11) is 0. The lowest BCUT2D eigenvalue weighted by Gasteiger charge is -2.26. The minimum Gasteiger partial charge on any atom is -0.391 e. The number of aliphatic hydroxyl groups is 1. The van der Waals surface area contributed by atoms with E-state index < -0.39 is 6.10 Å². The molecule has 1 saturated carbocycles. The van der Waals surface area contributed by atoms with Crippen LogP contribution in [-0.4, -0.2) is 11.2 Å². The van der Waals surface area contributed by atoms with Crippen LogP contribution >= 0.6 is 12.4 Å². The van der Waals surface area contributed by atoms with Gasteiger partial charge in [-0.25, -0.2) is 0 Å². The van der Waals surface area contributed by atoms with E-state index in [0.29, 0.717) is 5.92 Å². The van der Waals surface area contributed by atoms with Crippen LogP contribution in [0.25, 0.3) is 0 Å². The van der Waals surface area contributed by atoms with Crippen LogP contribution < -0.4 is 5.73 Å². The summed E-state index contributed by atoms with van der Waals surface area (Å²) in [5.74, 6) is 0.393. The van der Waals surface area contributed by atoms with E-state index in [1.54, 1.807) is 0 Å². The van der Waals surface area contributed by atoms with E-state index in [1.165, 1.54) is 24.0 Å². The van der Waals surface area contributed by atoms with E-state index in [2.05, 4.69) is 19.9 Å². The zero-order valence-electron chi connectivity index (χ0n) is 11.2. The summed E-state index contributed by atoms with van der Waals surface area (Å²) in [4.78, 5) is 0. The quantitative estimate of drug-likeness (QED) is 0.885. The highest BCUT2D eigenvalue weighted by atomic mass is 35.5. The van der Waals surface area contributed by atoms with Crippen LogP contribution in [0.5, 0.6) is 0 Å². The molecule has 0 amide bonds. The zero-order valence-corrected chi connectivity index (χ0v) is 12.0. The Bertz CT molecular complexity index is 388. The highest BCUT2D eigenvalue weighted by Crippen LogP contribution is 2.33. The number of halogens is 1. The SMILES string of the molecule is Cc1cccc([C@H](N)[C@H](O)C2CCCC2)c1C.Cl. The summed E-state index contributed by atoms with van der Waals surface area (Å²) < 4.78 is 0. The Hall–Kier alpha value is -0.570. The average Bonchev–Trinajstić information content (AvgIpc) is 2.84. The van der Waals surface area contributed by atoms with Gasteiger partial charge in [0.1, 0.15) is 0 Å². The van der Waals surface area contributed by atoms with Crippen LogP contribution in [0.4, 0.5) is 0 Å². The van der Waals surface area contributed by atoms with Crippen molar-refractivity contribution in [1.29, 1.82) is 0 Å². The Morgan fingerprint density at radius 2 is 1.83 bits per heavy atom. The van der Waals surface area contributed by atoms with Crippen molar-refractivity contribution in [3.63, 3.8) is 0 Å². The smallest absolute Gasteiger partial charge is 0.0760 e. The van der Waals surface area contributed by atoms with Gasteiger partial charge in [0, 0.05) is 0 Å². The Balaban J connectivity index is 0.00000162. The molecule has 2 rings (SSSR count). The molecule has 1 fully saturated rings. The Morgan fingerprint density at radius 3 is 2.44 bits per heavy atom. The van der Waals surface area contributed by atoms with Crippen molar-refractivity contribution < 1.29 is 5.11 Å². The number of nitrogens with two attached hydrogens (primary N) is 1. The second-order valence-electron chi connectivity index (χ2n) is 5.35. The van der Waals surface area contributed by atoms with Gasteiger partial charge in [-0.1, -0.05) is 31.0 Å². The second-order valence-corrected chi connectivity index (χ2v) is 5.35. The molecule has 2 nitrogen and oxygen atoms in total. The summed E-state index contributed by atoms with van der Waals surface area (Å²) >= 11 is 0. The van der Waals surface area contributed by atoms with Crippen molar-refractivity contribution >= 4 is 12.4 Å². The Kier molecular flexibility index (Phi) is 5.64. The van der Waals surface area contributed by atoms with Crippen molar-refractivity contribution in [3.05, 3.63) is 34.9 Å². The first-order valence-electron chi connectivity index (χ1n) is 6.61. The molecular weight excluding hydrogens is 246 g/mol. The molecule has 1 aromatic carbocycles. The molecule has 0 unspecified atom stereocenters. The fourth-order valence-electron chi connectivity index (χ4n) is 2.91. The van der Waals surface area contributed by atoms with E-state index in [0.717, 1.165) is 18.4 Å². The van der Waals surface area contributed by atoms with Gasteiger partial charge in [-0.05, 0) is 49.3 Å². The highest BCUT2D eigenvalue weighted by Gasteiger charge is 2.29. The molecule has 1 aromatic rings. The summed E-state index contributed by atoms with van der Waals surface area (Å²) in [5, 5.41) is 10.4. The van der Waals surface area contributed by atoms with E-state index in [4.69, 9.17) is 5.73 Å². The number of aryl methyl sites for hydroxylation is 1. The summed E-state index contributed by atoms with van der Waals surface area (Å²) in [6.45, 7) is 4.18. The van der Waals surface area contributed by atoms with Crippen molar-refractivity contribution in [2.45, 2.75) is 51.7 Å². The Morgan fingerprint density at radius 1 is 1.22 bits per heavy atom. The molecule has 0 aliphatic heterocycles. The van der Waals surface area contributed by atoms with Gasteiger partial charge in [0.25, 0.3) is 0 Å². The second kappa shape index (κ2) is 6.55. The van der Waals surface area contributed by atoms with Crippen LogP contribution in [-0.2, 0) is 0 Å². The van der Waals surface area contributed by atoms with Crippen LogP contribution in [0, 0.1) is 19.8 Å². The maximum atomic E-state index is 10.4. The average molecular weight is 270 g/mol. The lowest BCUT2D eigenvalue weighted by molar-refractivity contribution is 0.0843. The molecule has 1 aliphatic rings. The molecule has 102 valence electrons. The fourth-order valence-corrected chi connectivity index (χ4v) is 2.91. The third-order valence-corrected chi connectivity index (χ3v) is 4.26. The number of hydrogen-bond donors (Lipinski definition) is 2. The number of benzene rings is 1.